The van der Waals surface area contributed by atoms with Crippen LogP contribution in [0.15, 0.2) is 94.7 Å². The van der Waals surface area contributed by atoms with E-state index in [1.165, 1.54) is 49.6 Å². The number of carbonyl (C=O) groups excluding carboxylic acids is 1. The van der Waals surface area contributed by atoms with Crippen molar-refractivity contribution in [3.63, 3.8) is 0 Å². The molecular weight excluding hydrogens is 550 g/mol. The minimum atomic E-state index is -3.92. The van der Waals surface area contributed by atoms with Crippen LogP contribution in [0.3, 0.4) is 0 Å². The molecule has 0 unspecified atom stereocenters. The molecule has 0 aromatic heterocycles. The van der Waals surface area contributed by atoms with Crippen LogP contribution in [-0.4, -0.2) is 29.9 Å². The zero-order valence-corrected chi connectivity index (χ0v) is 24.0. The number of amides is 1. The number of benzene rings is 4. The van der Waals surface area contributed by atoms with Crippen molar-refractivity contribution in [1.82, 2.24) is 0 Å². The minimum Gasteiger partial charge on any atom is -0.495 e. The number of methoxy groups -OCH3 is 1. The van der Waals surface area contributed by atoms with Crippen molar-refractivity contribution in [3.8, 4) is 5.75 Å². The molecule has 4 aromatic rings. The highest BCUT2D eigenvalue weighted by Crippen LogP contribution is 2.28. The van der Waals surface area contributed by atoms with Crippen LogP contribution < -0.4 is 19.5 Å². The largest absolute Gasteiger partial charge is 0.495 e. The maximum Gasteiger partial charge on any atom is 0.262 e. The fourth-order valence-corrected chi connectivity index (χ4v) is 6.00. The second-order valence-electron chi connectivity index (χ2n) is 9.24. The Bertz CT molecular complexity index is 1770. The molecule has 0 aliphatic rings. The zero-order valence-electron chi connectivity index (χ0n) is 22.3. The van der Waals surface area contributed by atoms with Gasteiger partial charge in [-0.1, -0.05) is 29.8 Å². The number of hydrogen-bond donors (Lipinski definition) is 3. The van der Waals surface area contributed by atoms with Crippen LogP contribution in [0.4, 0.5) is 17.1 Å². The molecule has 0 saturated heterocycles. The van der Waals surface area contributed by atoms with Crippen molar-refractivity contribution in [1.29, 1.82) is 0 Å². The maximum absolute atomic E-state index is 12.9. The molecule has 0 spiro atoms. The molecule has 4 rings (SSSR count). The van der Waals surface area contributed by atoms with Crippen molar-refractivity contribution < 1.29 is 26.4 Å². The molecule has 9 nitrogen and oxygen atoms in total. The topological polar surface area (TPSA) is 131 Å². The third-order valence-electron chi connectivity index (χ3n) is 6.10. The van der Waals surface area contributed by atoms with Crippen LogP contribution >= 0.6 is 0 Å². The number of anilines is 3. The SMILES string of the molecule is COc1ccc(C)cc1NS(=O)(=O)c1ccc(NC(=O)c2ccc(C)c(NS(=O)(=O)c3ccc(C)cc3)c2)cc1. The minimum absolute atomic E-state index is 0.00260. The Morgan fingerprint density at radius 3 is 1.80 bits per heavy atom. The Morgan fingerprint density at radius 1 is 0.650 bits per heavy atom. The summed E-state index contributed by atoms with van der Waals surface area (Å²) >= 11 is 0. The Morgan fingerprint density at radius 2 is 1.20 bits per heavy atom. The number of rotatable bonds is 9. The lowest BCUT2D eigenvalue weighted by Crippen LogP contribution is -2.16. The van der Waals surface area contributed by atoms with Gasteiger partial charge in [0.15, 0.2) is 0 Å². The molecule has 0 bridgehead atoms. The van der Waals surface area contributed by atoms with Gasteiger partial charge in [-0.2, -0.15) is 0 Å². The van der Waals surface area contributed by atoms with E-state index in [2.05, 4.69) is 14.8 Å². The van der Waals surface area contributed by atoms with Crippen LogP contribution in [0.1, 0.15) is 27.0 Å². The molecule has 0 atom stereocenters. The van der Waals surface area contributed by atoms with Gasteiger partial charge in [0.1, 0.15) is 5.75 Å². The van der Waals surface area contributed by atoms with Gasteiger partial charge in [0, 0.05) is 11.3 Å². The molecular formula is C29H29N3O6S2. The Labute approximate surface area is 234 Å². The van der Waals surface area contributed by atoms with E-state index in [0.29, 0.717) is 22.7 Å². The predicted octanol–water partition coefficient (Wildman–Crippen LogP) is 5.47. The maximum atomic E-state index is 12.9. The van der Waals surface area contributed by atoms with Gasteiger partial charge < -0.3 is 10.1 Å². The van der Waals surface area contributed by atoms with E-state index in [1.807, 2.05) is 19.9 Å². The first-order chi connectivity index (χ1) is 18.9. The third kappa shape index (κ3) is 6.61. The summed E-state index contributed by atoms with van der Waals surface area (Å²) in [7, 11) is -6.32. The average Bonchev–Trinajstić information content (AvgIpc) is 2.90. The highest BCUT2D eigenvalue weighted by molar-refractivity contribution is 7.93. The van der Waals surface area contributed by atoms with Gasteiger partial charge in [-0.05, 0) is 92.6 Å². The fourth-order valence-electron chi connectivity index (χ4n) is 3.82. The Kier molecular flexibility index (Phi) is 8.17. The molecule has 208 valence electrons. The van der Waals surface area contributed by atoms with Crippen LogP contribution in [0.25, 0.3) is 0 Å². The highest BCUT2D eigenvalue weighted by atomic mass is 32.2. The average molecular weight is 580 g/mol. The molecule has 3 N–H and O–H groups in total. The van der Waals surface area contributed by atoms with Gasteiger partial charge in [-0.3, -0.25) is 14.2 Å². The fraction of sp³-hybridized carbons (Fsp3) is 0.138. The van der Waals surface area contributed by atoms with Crippen molar-refractivity contribution in [2.75, 3.05) is 21.9 Å². The van der Waals surface area contributed by atoms with Crippen LogP contribution in [-0.2, 0) is 20.0 Å². The lowest BCUT2D eigenvalue weighted by atomic mass is 10.1. The van der Waals surface area contributed by atoms with Crippen molar-refractivity contribution >= 4 is 43.0 Å². The molecule has 0 radical (unpaired) electrons. The molecule has 40 heavy (non-hydrogen) atoms. The molecule has 0 fully saturated rings. The standard InChI is InChI=1S/C29H29N3O6S2/c1-19-5-12-24(13-6-19)39(34,35)31-26-18-22(9-8-21(26)3)29(33)30-23-10-14-25(15-11-23)40(36,37)32-27-17-20(2)7-16-28(27)38-4/h5-18,31-32H,1-4H3,(H,30,33). The molecule has 0 saturated carbocycles. The van der Waals surface area contributed by atoms with Crippen LogP contribution in [0, 0.1) is 20.8 Å². The normalized spacial score (nSPS) is 11.5. The first-order valence-electron chi connectivity index (χ1n) is 12.2. The number of hydrogen-bond acceptors (Lipinski definition) is 6. The molecule has 0 aliphatic carbocycles. The van der Waals surface area contributed by atoms with Crippen LogP contribution in [0.2, 0.25) is 0 Å². The number of carbonyl (C=O) groups is 1. The van der Waals surface area contributed by atoms with E-state index >= 15 is 0 Å². The van der Waals surface area contributed by atoms with E-state index in [9.17, 15) is 21.6 Å². The lowest BCUT2D eigenvalue weighted by molar-refractivity contribution is 0.102. The number of sulfonamides is 2. The molecule has 0 heterocycles. The highest BCUT2D eigenvalue weighted by Gasteiger charge is 2.19. The second-order valence-corrected chi connectivity index (χ2v) is 12.6. The summed E-state index contributed by atoms with van der Waals surface area (Å²) in [6.07, 6.45) is 0. The first-order valence-corrected chi connectivity index (χ1v) is 15.1. The summed E-state index contributed by atoms with van der Waals surface area (Å²) in [5.41, 5.74) is 3.59. The first kappa shape index (κ1) is 28.7. The summed E-state index contributed by atoms with van der Waals surface area (Å²) in [6, 6.07) is 21.9. The van der Waals surface area contributed by atoms with Gasteiger partial charge in [0.25, 0.3) is 26.0 Å². The summed E-state index contributed by atoms with van der Waals surface area (Å²) < 4.78 is 61.9. The summed E-state index contributed by atoms with van der Waals surface area (Å²) in [4.78, 5) is 13.0. The van der Waals surface area contributed by atoms with Crippen molar-refractivity contribution in [3.05, 3.63) is 107 Å². The van der Waals surface area contributed by atoms with Gasteiger partial charge in [-0.15, -0.1) is 0 Å². The van der Waals surface area contributed by atoms with Crippen molar-refractivity contribution in [2.24, 2.45) is 0 Å². The van der Waals surface area contributed by atoms with Gasteiger partial charge in [0.2, 0.25) is 0 Å². The van der Waals surface area contributed by atoms with E-state index in [-0.39, 0.29) is 21.0 Å². The van der Waals surface area contributed by atoms with E-state index in [1.54, 1.807) is 43.3 Å². The predicted molar refractivity (Wildman–Crippen MR) is 156 cm³/mol. The monoisotopic (exact) mass is 579 g/mol. The van der Waals surface area contributed by atoms with E-state index < -0.39 is 26.0 Å². The molecule has 0 aliphatic heterocycles. The van der Waals surface area contributed by atoms with E-state index in [4.69, 9.17) is 4.74 Å². The number of nitrogens with one attached hydrogen (secondary N) is 3. The quantitative estimate of drug-likeness (QED) is 0.241. The van der Waals surface area contributed by atoms with Crippen molar-refractivity contribution in [2.45, 2.75) is 30.6 Å². The number of ether oxygens (including phenoxy) is 1. The molecule has 11 heteroatoms. The van der Waals surface area contributed by atoms with Gasteiger partial charge >= 0.3 is 0 Å². The van der Waals surface area contributed by atoms with Gasteiger partial charge in [0.05, 0.1) is 28.3 Å². The lowest BCUT2D eigenvalue weighted by Gasteiger charge is -2.14. The molecule has 1 amide bonds. The Hall–Kier alpha value is -4.35. The van der Waals surface area contributed by atoms with E-state index in [0.717, 1.165) is 11.1 Å². The Balaban J connectivity index is 1.49. The summed E-state index contributed by atoms with van der Waals surface area (Å²) in [6.45, 7) is 5.43. The summed E-state index contributed by atoms with van der Waals surface area (Å²) in [5, 5.41) is 2.71. The second kappa shape index (κ2) is 11.4. The van der Waals surface area contributed by atoms with Crippen LogP contribution in [0.5, 0.6) is 5.75 Å². The summed E-state index contributed by atoms with van der Waals surface area (Å²) in [5.74, 6) is -0.106. The van der Waals surface area contributed by atoms with Gasteiger partial charge in [-0.25, -0.2) is 16.8 Å². The smallest absolute Gasteiger partial charge is 0.262 e. The molecule has 4 aromatic carbocycles. The zero-order chi connectivity index (χ0) is 29.1. The third-order valence-corrected chi connectivity index (χ3v) is 8.86. The number of aryl methyl sites for hydroxylation is 3.